The third kappa shape index (κ3) is 5.49. The smallest absolute Gasteiger partial charge is 0.266 e. The Hall–Kier alpha value is -4.19. The van der Waals surface area contributed by atoms with Gasteiger partial charge in [-0.3, -0.25) is 4.79 Å². The molecule has 2 heterocycles. The maximum atomic E-state index is 12.9. The van der Waals surface area contributed by atoms with Gasteiger partial charge in [-0.2, -0.15) is 5.26 Å². The number of carbonyl (C=O) groups excluding carboxylic acids is 1. The normalized spacial score (nSPS) is 10.5. The average Bonchev–Trinajstić information content (AvgIpc) is 3.39. The zero-order valence-corrected chi connectivity index (χ0v) is 20.2. The highest BCUT2D eigenvalue weighted by atomic mass is 32.1. The second-order valence-electron chi connectivity index (χ2n) is 7.70. The highest BCUT2D eigenvalue weighted by molar-refractivity contribution is 7.12. The molecule has 0 spiro atoms. The molecular formula is C27H24N4O3S. The van der Waals surface area contributed by atoms with Gasteiger partial charge in [0.2, 0.25) is 0 Å². The number of nitrogen functional groups attached to an aromatic ring is 1. The largest absolute Gasteiger partial charge is 0.467 e. The first-order valence-corrected chi connectivity index (χ1v) is 11.9. The van der Waals surface area contributed by atoms with E-state index in [1.807, 2.05) is 55.6 Å². The third-order valence-electron chi connectivity index (χ3n) is 5.22. The number of rotatable bonds is 8. The summed E-state index contributed by atoms with van der Waals surface area (Å²) in [4.78, 5) is 18.1. The quantitative estimate of drug-likeness (QED) is 0.184. The fourth-order valence-electron chi connectivity index (χ4n) is 3.55. The van der Waals surface area contributed by atoms with Gasteiger partial charge in [0.05, 0.1) is 10.6 Å². The number of hydrogen-bond donors (Lipinski definition) is 2. The van der Waals surface area contributed by atoms with Gasteiger partial charge in [-0.25, -0.2) is 4.98 Å². The minimum atomic E-state index is -0.337. The molecule has 4 rings (SSSR count). The Morgan fingerprint density at radius 1 is 1.14 bits per heavy atom. The molecule has 0 atom stereocenters. The maximum Gasteiger partial charge on any atom is 0.266 e. The lowest BCUT2D eigenvalue weighted by molar-refractivity contribution is 0.0227. The van der Waals surface area contributed by atoms with E-state index in [4.69, 9.17) is 15.2 Å². The van der Waals surface area contributed by atoms with E-state index in [1.165, 1.54) is 11.3 Å². The minimum absolute atomic E-state index is 0.0906. The average molecular weight is 485 g/mol. The van der Waals surface area contributed by atoms with Crippen LogP contribution in [0.25, 0.3) is 22.4 Å². The number of pyridine rings is 1. The van der Waals surface area contributed by atoms with Crippen LogP contribution in [-0.4, -0.2) is 24.3 Å². The minimum Gasteiger partial charge on any atom is -0.467 e. The van der Waals surface area contributed by atoms with Crippen molar-refractivity contribution in [1.82, 2.24) is 4.98 Å². The summed E-state index contributed by atoms with van der Waals surface area (Å²) in [5, 5.41) is 14.7. The van der Waals surface area contributed by atoms with Crippen molar-refractivity contribution in [1.29, 1.82) is 5.26 Å². The van der Waals surface area contributed by atoms with Crippen LogP contribution in [0.15, 0.2) is 66.0 Å². The summed E-state index contributed by atoms with van der Waals surface area (Å²) in [7, 11) is 0. The fourth-order valence-corrected chi connectivity index (χ4v) is 4.17. The van der Waals surface area contributed by atoms with Crippen LogP contribution >= 0.6 is 11.3 Å². The van der Waals surface area contributed by atoms with Crippen LogP contribution in [0.5, 0.6) is 5.75 Å². The predicted octanol–water partition coefficient (Wildman–Crippen LogP) is 5.86. The van der Waals surface area contributed by atoms with E-state index < -0.39 is 0 Å². The topological polar surface area (TPSA) is 110 Å². The summed E-state index contributed by atoms with van der Waals surface area (Å²) in [6.45, 7) is 4.47. The predicted molar refractivity (Wildman–Crippen MR) is 138 cm³/mol. The van der Waals surface area contributed by atoms with Crippen molar-refractivity contribution in [2.75, 3.05) is 24.5 Å². The van der Waals surface area contributed by atoms with Crippen LogP contribution in [0.4, 0.5) is 11.5 Å². The molecule has 0 radical (unpaired) electrons. The molecule has 3 N–H and O–H groups in total. The Balaban J connectivity index is 1.89. The molecule has 176 valence electrons. The first-order chi connectivity index (χ1) is 17.0. The van der Waals surface area contributed by atoms with Crippen LogP contribution in [0.3, 0.4) is 0 Å². The van der Waals surface area contributed by atoms with Crippen molar-refractivity contribution in [2.24, 2.45) is 0 Å². The molecule has 1 amide bonds. The van der Waals surface area contributed by atoms with Crippen molar-refractivity contribution in [2.45, 2.75) is 13.8 Å². The molecule has 35 heavy (non-hydrogen) atoms. The number of thiophene rings is 1. The van der Waals surface area contributed by atoms with Gasteiger partial charge in [0.25, 0.3) is 5.91 Å². The highest BCUT2D eigenvalue weighted by Crippen LogP contribution is 2.37. The van der Waals surface area contributed by atoms with Gasteiger partial charge in [-0.05, 0) is 66.8 Å². The molecule has 0 fully saturated rings. The first-order valence-electron chi connectivity index (χ1n) is 11.0. The number of carbonyl (C=O) groups is 1. The van der Waals surface area contributed by atoms with Gasteiger partial charge in [0, 0.05) is 23.4 Å². The maximum absolute atomic E-state index is 12.9. The van der Waals surface area contributed by atoms with E-state index in [1.54, 1.807) is 24.3 Å². The summed E-state index contributed by atoms with van der Waals surface area (Å²) in [5.41, 5.74) is 10.4. The summed E-state index contributed by atoms with van der Waals surface area (Å²) >= 11 is 1.31. The number of anilines is 2. The number of hydrogen-bond acceptors (Lipinski definition) is 7. The lowest BCUT2D eigenvalue weighted by Gasteiger charge is -2.16. The van der Waals surface area contributed by atoms with E-state index in [0.717, 1.165) is 11.1 Å². The third-order valence-corrected chi connectivity index (χ3v) is 6.09. The van der Waals surface area contributed by atoms with Crippen molar-refractivity contribution < 1.29 is 14.3 Å². The standard InChI is InChI=1S/C27H24N4O3S/c1-3-33-16-34-24-12-17(2)9-10-20(24)23-14-21(18-6-4-7-19(29)13-18)22(15-28)26(30-23)31-27(32)25-8-5-11-35-25/h4-14H,3,16,29H2,1-2H3,(H,30,31,32). The summed E-state index contributed by atoms with van der Waals surface area (Å²) in [5.74, 6) is 0.415. The Labute approximate surface area is 207 Å². The number of aromatic nitrogens is 1. The van der Waals surface area contributed by atoms with Gasteiger partial charge in [0.1, 0.15) is 17.4 Å². The van der Waals surface area contributed by atoms with Crippen molar-refractivity contribution in [3.8, 4) is 34.2 Å². The van der Waals surface area contributed by atoms with Crippen molar-refractivity contribution in [3.63, 3.8) is 0 Å². The molecule has 0 bridgehead atoms. The number of nitrogens with one attached hydrogen (secondary N) is 1. The summed E-state index contributed by atoms with van der Waals surface area (Å²) < 4.78 is 11.3. The SMILES string of the molecule is CCOCOc1cc(C)ccc1-c1cc(-c2cccc(N)c2)c(C#N)c(NC(=O)c2cccs2)n1. The van der Waals surface area contributed by atoms with E-state index in [-0.39, 0.29) is 24.1 Å². The monoisotopic (exact) mass is 484 g/mol. The lowest BCUT2D eigenvalue weighted by atomic mass is 9.97. The highest BCUT2D eigenvalue weighted by Gasteiger charge is 2.20. The Morgan fingerprint density at radius 3 is 2.71 bits per heavy atom. The number of nitriles is 1. The van der Waals surface area contributed by atoms with Gasteiger partial charge in [0.15, 0.2) is 12.6 Å². The van der Waals surface area contributed by atoms with E-state index in [0.29, 0.717) is 39.7 Å². The number of nitrogens with two attached hydrogens (primary N) is 1. The Morgan fingerprint density at radius 2 is 2.00 bits per heavy atom. The molecular weight excluding hydrogens is 460 g/mol. The first kappa shape index (κ1) is 24.0. The van der Waals surface area contributed by atoms with Gasteiger partial charge >= 0.3 is 0 Å². The number of nitrogens with zero attached hydrogens (tertiary/aromatic N) is 2. The Kier molecular flexibility index (Phi) is 7.41. The molecule has 0 aliphatic carbocycles. The van der Waals surface area contributed by atoms with Gasteiger partial charge in [-0.15, -0.1) is 11.3 Å². The molecule has 0 unspecified atom stereocenters. The zero-order chi connectivity index (χ0) is 24.8. The Bertz CT molecular complexity index is 1390. The second-order valence-corrected chi connectivity index (χ2v) is 8.65. The lowest BCUT2D eigenvalue weighted by Crippen LogP contribution is -2.14. The van der Waals surface area contributed by atoms with Crippen LogP contribution in [-0.2, 0) is 4.74 Å². The number of aryl methyl sites for hydroxylation is 1. The van der Waals surface area contributed by atoms with Crippen LogP contribution < -0.4 is 15.8 Å². The molecule has 0 aliphatic heterocycles. The number of amides is 1. The summed E-state index contributed by atoms with van der Waals surface area (Å²) in [6, 6.07) is 20.5. The van der Waals surface area contributed by atoms with E-state index in [2.05, 4.69) is 16.4 Å². The molecule has 0 saturated heterocycles. The van der Waals surface area contributed by atoms with Gasteiger partial charge in [-0.1, -0.05) is 24.3 Å². The van der Waals surface area contributed by atoms with Crippen molar-refractivity contribution in [3.05, 3.63) is 82.0 Å². The molecule has 0 aliphatic rings. The fraction of sp³-hybridized carbons (Fsp3) is 0.148. The number of ether oxygens (including phenoxy) is 2. The van der Waals surface area contributed by atoms with Crippen LogP contribution in [0.1, 0.15) is 27.7 Å². The number of benzene rings is 2. The molecule has 4 aromatic rings. The second kappa shape index (κ2) is 10.8. The van der Waals surface area contributed by atoms with E-state index in [9.17, 15) is 10.1 Å². The van der Waals surface area contributed by atoms with Crippen molar-refractivity contribution >= 4 is 28.7 Å². The zero-order valence-electron chi connectivity index (χ0n) is 19.4. The summed E-state index contributed by atoms with van der Waals surface area (Å²) in [6.07, 6.45) is 0. The molecule has 2 aromatic carbocycles. The molecule has 8 heteroatoms. The molecule has 2 aromatic heterocycles. The molecule has 7 nitrogen and oxygen atoms in total. The van der Waals surface area contributed by atoms with E-state index >= 15 is 0 Å². The van der Waals surface area contributed by atoms with Crippen LogP contribution in [0.2, 0.25) is 0 Å². The van der Waals surface area contributed by atoms with Gasteiger partial charge < -0.3 is 20.5 Å². The molecule has 0 saturated carbocycles. The van der Waals surface area contributed by atoms with Crippen LogP contribution in [0, 0.1) is 18.3 Å².